The van der Waals surface area contributed by atoms with Crippen molar-refractivity contribution in [2.75, 3.05) is 6.54 Å². The fourth-order valence-corrected chi connectivity index (χ4v) is 0.511. The molecule has 2 N–H and O–H groups in total. The minimum atomic E-state index is 0.872. The molecule has 0 saturated heterocycles. The van der Waals surface area contributed by atoms with Crippen LogP contribution in [0.25, 0.3) is 0 Å². The van der Waals surface area contributed by atoms with Gasteiger partial charge in [-0.05, 0) is 6.42 Å². The van der Waals surface area contributed by atoms with E-state index < -0.39 is 0 Å². The third-order valence-corrected chi connectivity index (χ3v) is 0.878. The average molecular weight is 127 g/mol. The maximum atomic E-state index is 5.05. The molecule has 0 fully saturated rings. The molecule has 0 amide bonds. The van der Waals surface area contributed by atoms with Crippen LogP contribution in [-0.2, 0) is 0 Å². The van der Waals surface area contributed by atoms with Gasteiger partial charge in [0.1, 0.15) is 6.34 Å². The second-order valence-corrected chi connectivity index (χ2v) is 1.61. The van der Waals surface area contributed by atoms with Gasteiger partial charge in [-0.15, -0.1) is 0 Å². The lowest BCUT2D eigenvalue weighted by Crippen LogP contribution is -2.11. The molecule has 0 aromatic rings. The summed E-state index contributed by atoms with van der Waals surface area (Å²) in [4.78, 5) is 0. The van der Waals surface area contributed by atoms with E-state index in [-0.39, 0.29) is 0 Å². The summed E-state index contributed by atoms with van der Waals surface area (Å²) < 4.78 is 0. The van der Waals surface area contributed by atoms with Crippen molar-refractivity contribution in [3.05, 3.63) is 12.8 Å². The van der Waals surface area contributed by atoms with E-state index in [1.807, 2.05) is 0 Å². The normalized spacial score (nSPS) is 9.89. The molecule has 0 unspecified atom stereocenters. The fourth-order valence-electron chi connectivity index (χ4n) is 0.511. The molecule has 52 valence electrons. The Morgan fingerprint density at radius 2 is 2.44 bits per heavy atom. The van der Waals surface area contributed by atoms with Crippen LogP contribution in [0.1, 0.15) is 13.3 Å². The van der Waals surface area contributed by atoms with E-state index in [1.54, 1.807) is 11.2 Å². The maximum absolute atomic E-state index is 5.05. The van der Waals surface area contributed by atoms with Gasteiger partial charge < -0.3 is 5.73 Å². The van der Waals surface area contributed by atoms with Crippen molar-refractivity contribution in [3.63, 3.8) is 0 Å². The summed E-state index contributed by atoms with van der Waals surface area (Å²) >= 11 is 0. The molecule has 0 aromatic heterocycles. The lowest BCUT2D eigenvalue weighted by Gasteiger charge is -2.09. The molecular weight excluding hydrogens is 114 g/mol. The molecule has 0 aliphatic carbocycles. The smallest absolute Gasteiger partial charge is 0.106 e. The molecule has 0 aliphatic heterocycles. The molecule has 0 bridgehead atoms. The summed E-state index contributed by atoms with van der Waals surface area (Å²) in [6.07, 6.45) is 3.95. The number of rotatable bonds is 4. The number of hydrogen-bond acceptors (Lipinski definition) is 2. The molecule has 0 atom stereocenters. The monoisotopic (exact) mass is 127 g/mol. The van der Waals surface area contributed by atoms with Gasteiger partial charge >= 0.3 is 0 Å². The van der Waals surface area contributed by atoms with Crippen molar-refractivity contribution < 1.29 is 0 Å². The number of hydrogen-bond donors (Lipinski definition) is 1. The van der Waals surface area contributed by atoms with E-state index in [4.69, 9.17) is 5.73 Å². The minimum absolute atomic E-state index is 0.872. The van der Waals surface area contributed by atoms with Gasteiger partial charge in [0.25, 0.3) is 0 Å². The van der Waals surface area contributed by atoms with Crippen LogP contribution in [-0.4, -0.2) is 17.9 Å². The van der Waals surface area contributed by atoms with Crippen molar-refractivity contribution >= 4 is 6.34 Å². The Kier molecular flexibility index (Phi) is 4.59. The first-order valence-corrected chi connectivity index (χ1v) is 2.98. The van der Waals surface area contributed by atoms with Crippen molar-refractivity contribution in [2.45, 2.75) is 13.3 Å². The summed E-state index contributed by atoms with van der Waals surface area (Å²) in [6, 6.07) is 0. The highest BCUT2D eigenvalue weighted by Crippen LogP contribution is 1.89. The highest BCUT2D eigenvalue weighted by atomic mass is 15.4. The van der Waals surface area contributed by atoms with Crippen molar-refractivity contribution in [2.24, 2.45) is 10.8 Å². The SMILES string of the molecule is C=CN(CCC)/N=C\N. The van der Waals surface area contributed by atoms with Gasteiger partial charge in [0.15, 0.2) is 0 Å². The second kappa shape index (κ2) is 5.15. The van der Waals surface area contributed by atoms with E-state index in [0.717, 1.165) is 13.0 Å². The molecule has 3 nitrogen and oxygen atoms in total. The van der Waals surface area contributed by atoms with Crippen LogP contribution in [0.2, 0.25) is 0 Å². The van der Waals surface area contributed by atoms with Crippen molar-refractivity contribution in [1.82, 2.24) is 5.01 Å². The Hall–Kier alpha value is -0.990. The van der Waals surface area contributed by atoms with Gasteiger partial charge in [-0.3, -0.25) is 5.01 Å². The number of hydrazone groups is 1. The van der Waals surface area contributed by atoms with Crippen LogP contribution in [0.4, 0.5) is 0 Å². The highest BCUT2D eigenvalue weighted by Gasteiger charge is 1.87. The standard InChI is InChI=1S/C6H13N3/c1-3-5-9(4-2)8-6-7/h4,6H,2-3,5H2,1H3,(H2,7,8). The zero-order valence-electron chi connectivity index (χ0n) is 5.75. The fraction of sp³-hybridized carbons (Fsp3) is 0.500. The van der Waals surface area contributed by atoms with Gasteiger partial charge in [-0.25, -0.2) is 0 Å². The molecule has 0 aliphatic rings. The lowest BCUT2D eigenvalue weighted by atomic mass is 10.5. The third-order valence-electron chi connectivity index (χ3n) is 0.878. The number of nitrogens with two attached hydrogens (primary N) is 1. The topological polar surface area (TPSA) is 41.6 Å². The zero-order chi connectivity index (χ0) is 7.11. The van der Waals surface area contributed by atoms with E-state index in [9.17, 15) is 0 Å². The van der Waals surface area contributed by atoms with Gasteiger partial charge in [-0.1, -0.05) is 13.5 Å². The first-order chi connectivity index (χ1) is 4.35. The lowest BCUT2D eigenvalue weighted by molar-refractivity contribution is 0.401. The van der Waals surface area contributed by atoms with E-state index >= 15 is 0 Å². The second-order valence-electron chi connectivity index (χ2n) is 1.61. The van der Waals surface area contributed by atoms with Crippen LogP contribution in [0, 0.1) is 0 Å². The first-order valence-electron chi connectivity index (χ1n) is 2.98. The number of nitrogens with zero attached hydrogens (tertiary/aromatic N) is 2. The van der Waals surface area contributed by atoms with Crippen LogP contribution in [0.3, 0.4) is 0 Å². The molecule has 0 heterocycles. The summed E-state index contributed by atoms with van der Waals surface area (Å²) in [7, 11) is 0. The largest absolute Gasteiger partial charge is 0.388 e. The average Bonchev–Trinajstić information content (AvgIpc) is 1.88. The van der Waals surface area contributed by atoms with Gasteiger partial charge in [0.2, 0.25) is 0 Å². The molecule has 0 radical (unpaired) electrons. The molecule has 0 spiro atoms. The quantitative estimate of drug-likeness (QED) is 0.344. The Morgan fingerprint density at radius 3 is 2.78 bits per heavy atom. The predicted octanol–water partition coefficient (Wildman–Crippen LogP) is 0.744. The summed E-state index contributed by atoms with van der Waals surface area (Å²) in [5.41, 5.74) is 5.05. The zero-order valence-corrected chi connectivity index (χ0v) is 5.75. The van der Waals surface area contributed by atoms with E-state index in [1.165, 1.54) is 6.34 Å². The Morgan fingerprint density at radius 1 is 1.78 bits per heavy atom. The first kappa shape index (κ1) is 8.01. The molecule has 0 saturated carbocycles. The van der Waals surface area contributed by atoms with Crippen LogP contribution >= 0.6 is 0 Å². The van der Waals surface area contributed by atoms with Crippen molar-refractivity contribution in [1.29, 1.82) is 0 Å². The Bertz CT molecular complexity index is 98.5. The molecule has 0 rings (SSSR count). The molecule has 9 heavy (non-hydrogen) atoms. The van der Waals surface area contributed by atoms with Gasteiger partial charge in [-0.2, -0.15) is 5.10 Å². The highest BCUT2D eigenvalue weighted by molar-refractivity contribution is 5.50. The van der Waals surface area contributed by atoms with Crippen LogP contribution in [0.5, 0.6) is 0 Å². The van der Waals surface area contributed by atoms with Crippen LogP contribution < -0.4 is 5.73 Å². The molecular formula is C6H13N3. The Labute approximate surface area is 55.8 Å². The summed E-state index contributed by atoms with van der Waals surface area (Å²) in [6.45, 7) is 6.50. The third kappa shape index (κ3) is 3.58. The maximum Gasteiger partial charge on any atom is 0.106 e. The summed E-state index contributed by atoms with van der Waals surface area (Å²) in [5.74, 6) is 0. The Balaban J connectivity index is 3.53. The van der Waals surface area contributed by atoms with Crippen molar-refractivity contribution in [3.8, 4) is 0 Å². The molecule has 0 aromatic carbocycles. The summed E-state index contributed by atoms with van der Waals surface area (Å²) in [5, 5.41) is 5.49. The van der Waals surface area contributed by atoms with Crippen LogP contribution in [0.15, 0.2) is 17.9 Å². The van der Waals surface area contributed by atoms with E-state index in [0.29, 0.717) is 0 Å². The van der Waals surface area contributed by atoms with E-state index in [2.05, 4.69) is 18.6 Å². The van der Waals surface area contributed by atoms with Gasteiger partial charge in [0.05, 0.1) is 0 Å². The molecule has 3 heteroatoms. The predicted molar refractivity (Wildman–Crippen MR) is 39.9 cm³/mol. The minimum Gasteiger partial charge on any atom is -0.388 e. The van der Waals surface area contributed by atoms with Gasteiger partial charge in [0, 0.05) is 12.7 Å².